The second-order valence-corrected chi connectivity index (χ2v) is 4.21. The molecule has 0 amide bonds. The van der Waals surface area contributed by atoms with Gasteiger partial charge in [-0.05, 0) is 31.9 Å². The van der Waals surface area contributed by atoms with E-state index in [1.807, 2.05) is 6.20 Å². The molecule has 1 heterocycles. The highest BCUT2D eigenvalue weighted by atomic mass is 15.1. The molecule has 2 N–H and O–H groups in total. The molecule has 1 atom stereocenters. The van der Waals surface area contributed by atoms with Gasteiger partial charge < -0.3 is 5.32 Å². The van der Waals surface area contributed by atoms with Gasteiger partial charge in [0.05, 0.1) is 11.9 Å². The van der Waals surface area contributed by atoms with Crippen LogP contribution in [-0.4, -0.2) is 10.2 Å². The van der Waals surface area contributed by atoms with Gasteiger partial charge in [-0.25, -0.2) is 0 Å². The lowest BCUT2D eigenvalue weighted by molar-refractivity contribution is 0.872. The summed E-state index contributed by atoms with van der Waals surface area (Å²) < 4.78 is 0. The quantitative estimate of drug-likeness (QED) is 0.825. The summed E-state index contributed by atoms with van der Waals surface area (Å²) in [6.45, 7) is 6.42. The van der Waals surface area contributed by atoms with Crippen LogP contribution in [-0.2, 0) is 0 Å². The number of hydrogen-bond acceptors (Lipinski definition) is 2. The molecule has 84 valence electrons. The maximum atomic E-state index is 3.92. The third-order valence-electron chi connectivity index (χ3n) is 2.78. The molecule has 2 rings (SSSR count). The summed E-state index contributed by atoms with van der Waals surface area (Å²) in [4.78, 5) is 0. The van der Waals surface area contributed by atoms with E-state index in [-0.39, 0.29) is 6.04 Å². The van der Waals surface area contributed by atoms with Gasteiger partial charge in [0.2, 0.25) is 0 Å². The monoisotopic (exact) mass is 215 g/mol. The van der Waals surface area contributed by atoms with Crippen molar-refractivity contribution in [1.29, 1.82) is 0 Å². The molecule has 0 bridgehead atoms. The molecule has 3 nitrogen and oxygen atoms in total. The van der Waals surface area contributed by atoms with E-state index in [1.165, 1.54) is 16.7 Å². The first-order valence-electron chi connectivity index (χ1n) is 5.49. The molecule has 0 radical (unpaired) electrons. The number of aromatic amines is 1. The number of nitrogens with zero attached hydrogens (tertiary/aromatic N) is 1. The van der Waals surface area contributed by atoms with Gasteiger partial charge in [0.15, 0.2) is 0 Å². The van der Waals surface area contributed by atoms with Crippen molar-refractivity contribution in [2.75, 3.05) is 5.32 Å². The molecule has 3 heteroatoms. The second-order valence-electron chi connectivity index (χ2n) is 4.21. The topological polar surface area (TPSA) is 40.7 Å². The fourth-order valence-electron chi connectivity index (χ4n) is 1.88. The van der Waals surface area contributed by atoms with E-state index in [2.05, 4.69) is 54.5 Å². The van der Waals surface area contributed by atoms with Crippen LogP contribution in [0.4, 0.5) is 5.69 Å². The van der Waals surface area contributed by atoms with E-state index in [0.717, 1.165) is 5.69 Å². The van der Waals surface area contributed by atoms with Gasteiger partial charge in [0.25, 0.3) is 0 Å². The zero-order valence-corrected chi connectivity index (χ0v) is 9.91. The van der Waals surface area contributed by atoms with Gasteiger partial charge >= 0.3 is 0 Å². The van der Waals surface area contributed by atoms with E-state index in [0.29, 0.717) is 0 Å². The number of H-pyrrole nitrogens is 1. The van der Waals surface area contributed by atoms with Gasteiger partial charge in [0.1, 0.15) is 0 Å². The third kappa shape index (κ3) is 2.24. The number of benzene rings is 1. The smallest absolute Gasteiger partial charge is 0.0728 e. The predicted octanol–water partition coefficient (Wildman–Crippen LogP) is 3.20. The van der Waals surface area contributed by atoms with E-state index in [1.54, 1.807) is 6.20 Å². The van der Waals surface area contributed by atoms with Crippen LogP contribution in [0.2, 0.25) is 0 Å². The molecule has 1 unspecified atom stereocenters. The van der Waals surface area contributed by atoms with Crippen LogP contribution in [0, 0.1) is 13.8 Å². The molecule has 16 heavy (non-hydrogen) atoms. The van der Waals surface area contributed by atoms with Crippen LogP contribution < -0.4 is 5.32 Å². The van der Waals surface area contributed by atoms with Crippen molar-refractivity contribution in [3.63, 3.8) is 0 Å². The van der Waals surface area contributed by atoms with Crippen molar-refractivity contribution in [2.45, 2.75) is 26.8 Å². The Kier molecular flexibility index (Phi) is 2.95. The lowest BCUT2D eigenvalue weighted by atomic mass is 10.00. The summed E-state index contributed by atoms with van der Waals surface area (Å²) in [5.41, 5.74) is 4.96. The summed E-state index contributed by atoms with van der Waals surface area (Å²) >= 11 is 0. The van der Waals surface area contributed by atoms with Crippen LogP contribution in [0.15, 0.2) is 30.6 Å². The molecule has 1 aromatic carbocycles. The maximum absolute atomic E-state index is 3.92. The number of anilines is 1. The minimum Gasteiger partial charge on any atom is -0.376 e. The Morgan fingerprint density at radius 2 is 2.12 bits per heavy atom. The van der Waals surface area contributed by atoms with Crippen molar-refractivity contribution in [2.24, 2.45) is 0 Å². The van der Waals surface area contributed by atoms with Crippen LogP contribution in [0.25, 0.3) is 0 Å². The van der Waals surface area contributed by atoms with Crippen molar-refractivity contribution in [3.8, 4) is 0 Å². The molecule has 0 aliphatic carbocycles. The van der Waals surface area contributed by atoms with Crippen molar-refractivity contribution in [1.82, 2.24) is 10.2 Å². The van der Waals surface area contributed by atoms with Crippen LogP contribution in [0.1, 0.15) is 29.7 Å². The molecule has 0 spiro atoms. The first kappa shape index (κ1) is 10.7. The first-order valence-corrected chi connectivity index (χ1v) is 5.49. The molecule has 0 aliphatic rings. The summed E-state index contributed by atoms with van der Waals surface area (Å²) in [7, 11) is 0. The molecule has 0 saturated carbocycles. The fraction of sp³-hybridized carbons (Fsp3) is 0.308. The average Bonchev–Trinajstić information content (AvgIpc) is 2.74. The van der Waals surface area contributed by atoms with Gasteiger partial charge in [-0.2, -0.15) is 5.10 Å². The minimum absolute atomic E-state index is 0.289. The summed E-state index contributed by atoms with van der Waals surface area (Å²) in [6, 6.07) is 6.83. The number of aryl methyl sites for hydroxylation is 2. The average molecular weight is 215 g/mol. The number of hydrogen-bond donors (Lipinski definition) is 2. The van der Waals surface area contributed by atoms with E-state index >= 15 is 0 Å². The Morgan fingerprint density at radius 3 is 2.81 bits per heavy atom. The Morgan fingerprint density at radius 1 is 1.31 bits per heavy atom. The van der Waals surface area contributed by atoms with Crippen molar-refractivity contribution >= 4 is 5.69 Å². The normalized spacial score (nSPS) is 12.4. The van der Waals surface area contributed by atoms with E-state index in [4.69, 9.17) is 0 Å². The van der Waals surface area contributed by atoms with Crippen LogP contribution in [0.3, 0.4) is 0 Å². The van der Waals surface area contributed by atoms with Gasteiger partial charge in [-0.3, -0.25) is 5.10 Å². The van der Waals surface area contributed by atoms with Gasteiger partial charge in [-0.15, -0.1) is 0 Å². The SMILES string of the molecule is Cc1ccc(C)c(C(C)Nc2cn[nH]c2)c1. The van der Waals surface area contributed by atoms with Crippen LogP contribution in [0.5, 0.6) is 0 Å². The zero-order valence-electron chi connectivity index (χ0n) is 9.91. The Hall–Kier alpha value is -1.77. The minimum atomic E-state index is 0.289. The molecule has 2 aromatic rings. The summed E-state index contributed by atoms with van der Waals surface area (Å²) in [5, 5.41) is 10.1. The Bertz CT molecular complexity index is 460. The lowest BCUT2D eigenvalue weighted by Crippen LogP contribution is -2.07. The molecular weight excluding hydrogens is 198 g/mol. The highest BCUT2D eigenvalue weighted by molar-refractivity contribution is 5.43. The maximum Gasteiger partial charge on any atom is 0.0728 e. The molecule has 0 saturated heterocycles. The van der Waals surface area contributed by atoms with Gasteiger partial charge in [0, 0.05) is 12.2 Å². The van der Waals surface area contributed by atoms with Crippen molar-refractivity contribution in [3.05, 3.63) is 47.3 Å². The predicted molar refractivity (Wildman–Crippen MR) is 66.5 cm³/mol. The molecule has 1 aromatic heterocycles. The number of aromatic nitrogens is 2. The summed E-state index contributed by atoms with van der Waals surface area (Å²) in [5.74, 6) is 0. The highest BCUT2D eigenvalue weighted by Gasteiger charge is 2.08. The van der Waals surface area contributed by atoms with E-state index < -0.39 is 0 Å². The lowest BCUT2D eigenvalue weighted by Gasteiger charge is -2.17. The fourth-order valence-corrected chi connectivity index (χ4v) is 1.88. The first-order chi connectivity index (χ1) is 7.66. The Labute approximate surface area is 95.9 Å². The summed E-state index contributed by atoms with van der Waals surface area (Å²) in [6.07, 6.45) is 3.66. The third-order valence-corrected chi connectivity index (χ3v) is 2.78. The zero-order chi connectivity index (χ0) is 11.5. The van der Waals surface area contributed by atoms with E-state index in [9.17, 15) is 0 Å². The molecule has 0 fully saturated rings. The molecular formula is C13H17N3. The Balaban J connectivity index is 2.20. The van der Waals surface area contributed by atoms with Crippen LogP contribution >= 0.6 is 0 Å². The highest BCUT2D eigenvalue weighted by Crippen LogP contribution is 2.22. The van der Waals surface area contributed by atoms with Gasteiger partial charge in [-0.1, -0.05) is 23.8 Å². The largest absolute Gasteiger partial charge is 0.376 e. The number of nitrogens with one attached hydrogen (secondary N) is 2. The second kappa shape index (κ2) is 4.39. The van der Waals surface area contributed by atoms with Crippen molar-refractivity contribution < 1.29 is 0 Å². The standard InChI is InChI=1S/C13H17N3/c1-9-4-5-10(2)13(6-9)11(3)16-12-7-14-15-8-12/h4-8,11,16H,1-3H3,(H,14,15). The number of rotatable bonds is 3. The molecule has 0 aliphatic heterocycles.